The van der Waals surface area contributed by atoms with Gasteiger partial charge in [0.15, 0.2) is 0 Å². The van der Waals surface area contributed by atoms with Gasteiger partial charge >= 0.3 is 7.12 Å². The molecular weight excluding hydrogens is 287 g/mol. The van der Waals surface area contributed by atoms with Crippen LogP contribution in [0.3, 0.4) is 0 Å². The van der Waals surface area contributed by atoms with E-state index >= 15 is 0 Å². The highest BCUT2D eigenvalue weighted by atomic mass is 32.1. The number of hydrogen-bond acceptors (Lipinski definition) is 5. The molecule has 1 heterocycles. The second-order valence-electron chi connectivity index (χ2n) is 6.45. The fourth-order valence-corrected chi connectivity index (χ4v) is 2.39. The molecule has 6 heteroatoms. The fourth-order valence-electron chi connectivity index (χ4n) is 2.19. The molecule has 0 spiro atoms. The first-order chi connectivity index (χ1) is 9.68. The van der Waals surface area contributed by atoms with Crippen molar-refractivity contribution in [1.82, 2.24) is 0 Å². The summed E-state index contributed by atoms with van der Waals surface area (Å²) in [5.41, 5.74) is 0.647. The summed E-state index contributed by atoms with van der Waals surface area (Å²) < 4.78 is 12.0. The van der Waals surface area contributed by atoms with E-state index in [2.05, 4.69) is 12.6 Å². The average molecular weight is 310 g/mol. The number of rotatable bonds is 4. The van der Waals surface area contributed by atoms with Crippen molar-refractivity contribution in [2.24, 2.45) is 0 Å². The van der Waals surface area contributed by atoms with Gasteiger partial charge in [0.05, 0.1) is 17.3 Å². The van der Waals surface area contributed by atoms with Crippen LogP contribution in [0.25, 0.3) is 0 Å². The van der Waals surface area contributed by atoms with Gasteiger partial charge in [-0.1, -0.05) is 24.3 Å². The van der Waals surface area contributed by atoms with Gasteiger partial charge < -0.3 is 19.5 Å². The third-order valence-corrected chi connectivity index (χ3v) is 4.70. The Morgan fingerprint density at radius 1 is 1.14 bits per heavy atom. The average Bonchev–Trinajstić information content (AvgIpc) is 2.66. The second kappa shape index (κ2) is 5.93. The molecule has 1 aliphatic rings. The quantitative estimate of drug-likeness (QED) is 0.580. The molecule has 0 saturated carbocycles. The first-order valence-electron chi connectivity index (χ1n) is 7.10. The largest absolute Gasteiger partial charge is 0.494 e. The molecule has 0 aliphatic carbocycles. The van der Waals surface area contributed by atoms with Gasteiger partial charge in [0.2, 0.25) is 0 Å². The first-order valence-corrected chi connectivity index (χ1v) is 7.74. The van der Waals surface area contributed by atoms with Crippen LogP contribution in [0.1, 0.15) is 39.4 Å². The zero-order valence-corrected chi connectivity index (χ0v) is 13.8. The Bertz CT molecular complexity index is 490. The van der Waals surface area contributed by atoms with Crippen LogP contribution in [0, 0.1) is 0 Å². The van der Waals surface area contributed by atoms with E-state index in [0.29, 0.717) is 5.56 Å². The summed E-state index contributed by atoms with van der Waals surface area (Å²) in [6, 6.07) is 7.29. The van der Waals surface area contributed by atoms with Crippen LogP contribution in [-0.4, -0.2) is 40.4 Å². The second-order valence-corrected chi connectivity index (χ2v) is 6.82. The maximum absolute atomic E-state index is 10.1. The van der Waals surface area contributed by atoms with Crippen molar-refractivity contribution >= 4 is 25.2 Å². The molecule has 2 atom stereocenters. The molecule has 0 radical (unpaired) electrons. The standard InChI is InChI=1S/C15H23BO4S/c1-14(2)15(3,4)20-16(19-14)11-7-5-6-10(8-11)13(18)12(17)9-21/h5-8,12-13,17-18,21H,9H2,1-4H3. The summed E-state index contributed by atoms with van der Waals surface area (Å²) >= 11 is 4.00. The predicted molar refractivity (Wildman–Crippen MR) is 87.0 cm³/mol. The van der Waals surface area contributed by atoms with E-state index in [0.717, 1.165) is 5.46 Å². The van der Waals surface area contributed by atoms with Crippen LogP contribution in [0.15, 0.2) is 24.3 Å². The third kappa shape index (κ3) is 3.30. The minimum Gasteiger partial charge on any atom is -0.399 e. The van der Waals surface area contributed by atoms with Gasteiger partial charge in [-0.25, -0.2) is 0 Å². The Balaban J connectivity index is 2.23. The monoisotopic (exact) mass is 310 g/mol. The molecule has 4 nitrogen and oxygen atoms in total. The van der Waals surface area contributed by atoms with E-state index in [9.17, 15) is 10.2 Å². The summed E-state index contributed by atoms with van der Waals surface area (Å²) in [4.78, 5) is 0. The van der Waals surface area contributed by atoms with E-state index in [4.69, 9.17) is 9.31 Å². The Morgan fingerprint density at radius 2 is 1.71 bits per heavy atom. The lowest BCUT2D eigenvalue weighted by molar-refractivity contribution is 0.00578. The lowest BCUT2D eigenvalue weighted by atomic mass is 9.78. The lowest BCUT2D eigenvalue weighted by Crippen LogP contribution is -2.41. The predicted octanol–water partition coefficient (Wildman–Crippen LogP) is 1.31. The van der Waals surface area contributed by atoms with Crippen molar-refractivity contribution in [3.8, 4) is 0 Å². The maximum Gasteiger partial charge on any atom is 0.494 e. The zero-order valence-electron chi connectivity index (χ0n) is 12.9. The summed E-state index contributed by atoms with van der Waals surface area (Å²) in [5.74, 6) is 0.196. The molecule has 116 valence electrons. The molecule has 2 unspecified atom stereocenters. The molecular formula is C15H23BO4S. The summed E-state index contributed by atoms with van der Waals surface area (Å²) in [7, 11) is -0.477. The van der Waals surface area contributed by atoms with Gasteiger partial charge in [-0.15, -0.1) is 0 Å². The molecule has 21 heavy (non-hydrogen) atoms. The van der Waals surface area contributed by atoms with Gasteiger partial charge in [0, 0.05) is 5.75 Å². The van der Waals surface area contributed by atoms with Gasteiger partial charge in [-0.2, -0.15) is 12.6 Å². The Kier molecular flexibility index (Phi) is 4.76. The number of thiol groups is 1. The van der Waals surface area contributed by atoms with Crippen LogP contribution < -0.4 is 5.46 Å². The molecule has 0 aromatic heterocycles. The normalized spacial score (nSPS) is 23.1. The van der Waals surface area contributed by atoms with E-state index in [1.807, 2.05) is 39.8 Å². The van der Waals surface area contributed by atoms with Crippen LogP contribution in [0.2, 0.25) is 0 Å². The molecule has 1 saturated heterocycles. The van der Waals surface area contributed by atoms with Crippen LogP contribution in [0.5, 0.6) is 0 Å². The fraction of sp³-hybridized carbons (Fsp3) is 0.600. The smallest absolute Gasteiger partial charge is 0.399 e. The van der Waals surface area contributed by atoms with Gasteiger partial charge in [-0.3, -0.25) is 0 Å². The van der Waals surface area contributed by atoms with E-state index in [1.165, 1.54) is 0 Å². The SMILES string of the molecule is CC1(C)OB(c2cccc(C(O)C(O)CS)c2)OC1(C)C. The van der Waals surface area contributed by atoms with Crippen LogP contribution in [-0.2, 0) is 9.31 Å². The van der Waals surface area contributed by atoms with Gasteiger partial charge in [0.25, 0.3) is 0 Å². The molecule has 0 amide bonds. The number of aliphatic hydroxyl groups excluding tert-OH is 2. The topological polar surface area (TPSA) is 58.9 Å². The Hall–Kier alpha value is -0.525. The molecule has 1 aliphatic heterocycles. The van der Waals surface area contributed by atoms with Crippen molar-refractivity contribution in [3.05, 3.63) is 29.8 Å². The highest BCUT2D eigenvalue weighted by Crippen LogP contribution is 2.36. The Labute approximate surface area is 132 Å². The molecule has 0 bridgehead atoms. The highest BCUT2D eigenvalue weighted by Gasteiger charge is 2.51. The minimum absolute atomic E-state index is 0.196. The third-order valence-electron chi connectivity index (χ3n) is 4.33. The minimum atomic E-state index is -0.968. The number of benzene rings is 1. The van der Waals surface area contributed by atoms with Gasteiger partial charge in [0.1, 0.15) is 6.10 Å². The van der Waals surface area contributed by atoms with Crippen LogP contribution >= 0.6 is 12.6 Å². The van der Waals surface area contributed by atoms with E-state index in [1.54, 1.807) is 12.1 Å². The molecule has 2 N–H and O–H groups in total. The highest BCUT2D eigenvalue weighted by molar-refractivity contribution is 7.80. The molecule has 1 aromatic rings. The van der Waals surface area contributed by atoms with Crippen molar-refractivity contribution in [3.63, 3.8) is 0 Å². The number of aliphatic hydroxyl groups is 2. The van der Waals surface area contributed by atoms with Crippen molar-refractivity contribution in [2.45, 2.75) is 51.1 Å². The molecule has 2 rings (SSSR count). The van der Waals surface area contributed by atoms with E-state index < -0.39 is 30.5 Å². The van der Waals surface area contributed by atoms with E-state index in [-0.39, 0.29) is 5.75 Å². The van der Waals surface area contributed by atoms with Crippen molar-refractivity contribution < 1.29 is 19.5 Å². The lowest BCUT2D eigenvalue weighted by Gasteiger charge is -2.32. The summed E-state index contributed by atoms with van der Waals surface area (Å²) in [6.07, 6.45) is -1.87. The first kappa shape index (κ1) is 16.8. The summed E-state index contributed by atoms with van der Waals surface area (Å²) in [6.45, 7) is 7.99. The summed E-state index contributed by atoms with van der Waals surface area (Å²) in [5, 5.41) is 19.8. The Morgan fingerprint density at radius 3 is 2.24 bits per heavy atom. The number of hydrogen-bond donors (Lipinski definition) is 3. The van der Waals surface area contributed by atoms with Crippen molar-refractivity contribution in [2.75, 3.05) is 5.75 Å². The zero-order chi connectivity index (χ0) is 15.8. The maximum atomic E-state index is 10.1. The molecule has 1 fully saturated rings. The van der Waals surface area contributed by atoms with Crippen LogP contribution in [0.4, 0.5) is 0 Å². The van der Waals surface area contributed by atoms with Crippen molar-refractivity contribution in [1.29, 1.82) is 0 Å². The molecule has 1 aromatic carbocycles. The van der Waals surface area contributed by atoms with Gasteiger partial charge in [-0.05, 0) is 38.7 Å².